The number of hydrogen-bond acceptors (Lipinski definition) is 6. The smallest absolute Gasteiger partial charge is 0.296 e. The van der Waals surface area contributed by atoms with Gasteiger partial charge in [-0.15, -0.1) is 4.36 Å². The number of anilines is 1. The summed E-state index contributed by atoms with van der Waals surface area (Å²) in [7, 11) is -7.69. The zero-order valence-corrected chi connectivity index (χ0v) is 21.2. The molecule has 3 aromatic carbocycles. The van der Waals surface area contributed by atoms with E-state index in [0.29, 0.717) is 11.0 Å². The SMILES string of the molecule is Cc1ccc(S(=O)(=O)Nc2ccc[n+](-c3nc4ccccc4nc3N=S(=O)(O)c3ccccc3)c2)cc1. The van der Waals surface area contributed by atoms with Crippen molar-refractivity contribution in [2.45, 2.75) is 16.7 Å². The molecule has 11 heteroatoms. The number of aromatic nitrogens is 3. The van der Waals surface area contributed by atoms with E-state index >= 15 is 0 Å². The average Bonchev–Trinajstić information content (AvgIpc) is 2.89. The minimum absolute atomic E-state index is 0.0707. The Labute approximate surface area is 214 Å². The van der Waals surface area contributed by atoms with E-state index in [0.717, 1.165) is 5.56 Å². The first kappa shape index (κ1) is 24.5. The van der Waals surface area contributed by atoms with Crippen molar-refractivity contribution >= 4 is 42.6 Å². The molecule has 0 aliphatic heterocycles. The van der Waals surface area contributed by atoms with E-state index in [2.05, 4.69) is 19.1 Å². The van der Waals surface area contributed by atoms with Crippen LogP contribution in [-0.2, 0) is 20.0 Å². The van der Waals surface area contributed by atoms with Gasteiger partial charge in [-0.05, 0) is 60.4 Å². The van der Waals surface area contributed by atoms with Crippen molar-refractivity contribution < 1.29 is 21.7 Å². The molecule has 0 fully saturated rings. The van der Waals surface area contributed by atoms with Crippen molar-refractivity contribution in [1.82, 2.24) is 9.97 Å². The lowest BCUT2D eigenvalue weighted by atomic mass is 10.2. The molecule has 186 valence electrons. The van der Waals surface area contributed by atoms with Crippen LogP contribution in [0.4, 0.5) is 11.5 Å². The molecule has 1 unspecified atom stereocenters. The zero-order chi connectivity index (χ0) is 26.0. The van der Waals surface area contributed by atoms with Crippen LogP contribution >= 0.6 is 0 Å². The molecule has 0 aliphatic rings. The highest BCUT2D eigenvalue weighted by atomic mass is 32.2. The van der Waals surface area contributed by atoms with Crippen molar-refractivity contribution in [3.05, 3.63) is 109 Å². The van der Waals surface area contributed by atoms with Gasteiger partial charge in [-0.25, -0.2) is 17.6 Å². The lowest BCUT2D eigenvalue weighted by Gasteiger charge is -2.09. The van der Waals surface area contributed by atoms with Crippen LogP contribution in [0.5, 0.6) is 0 Å². The van der Waals surface area contributed by atoms with E-state index in [9.17, 15) is 17.2 Å². The first-order chi connectivity index (χ1) is 17.7. The van der Waals surface area contributed by atoms with Crippen LogP contribution in [0.2, 0.25) is 0 Å². The molecular weight excluding hydrogens is 510 g/mol. The van der Waals surface area contributed by atoms with Crippen molar-refractivity contribution in [2.24, 2.45) is 4.36 Å². The Morgan fingerprint density at radius 2 is 1.43 bits per heavy atom. The quantitative estimate of drug-likeness (QED) is 0.307. The summed E-state index contributed by atoms with van der Waals surface area (Å²) in [6.45, 7) is 1.87. The molecule has 0 bridgehead atoms. The summed E-state index contributed by atoms with van der Waals surface area (Å²) in [6.07, 6.45) is 3.13. The van der Waals surface area contributed by atoms with Crippen LogP contribution in [0.25, 0.3) is 16.9 Å². The molecule has 37 heavy (non-hydrogen) atoms. The molecule has 2 aromatic heterocycles. The number of sulfonamides is 1. The van der Waals surface area contributed by atoms with Gasteiger partial charge in [0.2, 0.25) is 5.52 Å². The fraction of sp³-hybridized carbons (Fsp3) is 0.0385. The summed E-state index contributed by atoms with van der Waals surface area (Å²) in [4.78, 5) is 9.36. The van der Waals surface area contributed by atoms with E-state index in [1.165, 1.54) is 35.0 Å². The van der Waals surface area contributed by atoms with Gasteiger partial charge in [0.25, 0.3) is 15.8 Å². The van der Waals surface area contributed by atoms with Crippen molar-refractivity contribution in [2.75, 3.05) is 4.72 Å². The minimum atomic E-state index is -3.85. The average molecular weight is 533 g/mol. The Morgan fingerprint density at radius 1 is 0.784 bits per heavy atom. The summed E-state index contributed by atoms with van der Waals surface area (Å²) in [5, 5.41) is 0. The van der Waals surface area contributed by atoms with Crippen LogP contribution in [0.3, 0.4) is 0 Å². The standard InChI is InChI=1S/C26H21N5O4S2/c1-19-13-15-22(16-14-19)36(32,33)29-20-8-7-17-31(18-20)26-25(27-23-11-5-6-12-24(23)28-26)30-37(34,35)21-9-3-2-4-10-21/h2-18,29H,1H3/p+1. The fourth-order valence-corrected chi connectivity index (χ4v) is 5.60. The molecule has 0 spiro atoms. The molecule has 0 radical (unpaired) electrons. The van der Waals surface area contributed by atoms with Crippen molar-refractivity contribution in [1.29, 1.82) is 0 Å². The first-order valence-corrected chi connectivity index (χ1v) is 14.1. The highest BCUT2D eigenvalue weighted by molar-refractivity contribution is 7.92. The molecule has 2 heterocycles. The summed E-state index contributed by atoms with van der Waals surface area (Å²) >= 11 is 0. The predicted molar refractivity (Wildman–Crippen MR) is 141 cm³/mol. The maximum Gasteiger partial charge on any atom is 0.374 e. The van der Waals surface area contributed by atoms with Gasteiger partial charge >= 0.3 is 5.82 Å². The molecule has 9 nitrogen and oxygen atoms in total. The van der Waals surface area contributed by atoms with Gasteiger partial charge in [-0.2, -0.15) is 4.57 Å². The Bertz CT molecular complexity index is 1840. The normalized spacial score (nSPS) is 13.1. The number of rotatable bonds is 6. The van der Waals surface area contributed by atoms with Crippen LogP contribution in [-0.4, -0.2) is 27.1 Å². The summed E-state index contributed by atoms with van der Waals surface area (Å²) in [5.41, 5.74) is 2.24. The summed E-state index contributed by atoms with van der Waals surface area (Å²) in [6, 6.07) is 24.8. The van der Waals surface area contributed by atoms with Gasteiger partial charge in [0.05, 0.1) is 21.7 Å². The number of hydrogen-bond donors (Lipinski definition) is 2. The van der Waals surface area contributed by atoms with Crippen LogP contribution in [0, 0.1) is 6.92 Å². The van der Waals surface area contributed by atoms with Crippen molar-refractivity contribution in [3.63, 3.8) is 0 Å². The molecule has 5 aromatic rings. The number of nitrogens with zero attached hydrogens (tertiary/aromatic N) is 4. The van der Waals surface area contributed by atoms with E-state index in [1.807, 2.05) is 6.92 Å². The minimum Gasteiger partial charge on any atom is -0.296 e. The topological polar surface area (TPSA) is 125 Å². The Kier molecular flexibility index (Phi) is 6.42. The molecule has 0 aliphatic carbocycles. The second kappa shape index (κ2) is 9.69. The number of pyridine rings is 1. The Hall–Kier alpha value is -4.19. The lowest BCUT2D eigenvalue weighted by molar-refractivity contribution is -0.598. The highest BCUT2D eigenvalue weighted by Gasteiger charge is 2.23. The van der Waals surface area contributed by atoms with Crippen molar-refractivity contribution in [3.8, 4) is 5.82 Å². The largest absolute Gasteiger partial charge is 0.374 e. The summed E-state index contributed by atoms with van der Waals surface area (Å²) < 4.78 is 57.8. The van der Waals surface area contributed by atoms with Crippen LogP contribution in [0.15, 0.2) is 118 Å². The third-order valence-corrected chi connectivity index (χ3v) is 8.13. The number of para-hydroxylation sites is 2. The number of aryl methyl sites for hydroxylation is 1. The first-order valence-electron chi connectivity index (χ1n) is 11.1. The molecule has 0 saturated heterocycles. The van der Waals surface area contributed by atoms with Crippen LogP contribution in [0.1, 0.15) is 5.56 Å². The fourth-order valence-electron chi connectivity index (χ4n) is 3.58. The van der Waals surface area contributed by atoms with Crippen LogP contribution < -0.4 is 9.29 Å². The maximum atomic E-state index is 13.1. The summed E-state index contributed by atoms with van der Waals surface area (Å²) in [5.74, 6) is 0.0892. The van der Waals surface area contributed by atoms with E-state index < -0.39 is 20.0 Å². The van der Waals surface area contributed by atoms with Gasteiger partial charge in [0, 0.05) is 0 Å². The monoisotopic (exact) mass is 532 g/mol. The molecular formula is C26H22N5O4S2+. The van der Waals surface area contributed by atoms with Gasteiger partial charge in [0.15, 0.2) is 10.0 Å². The second-order valence-corrected chi connectivity index (χ2v) is 11.5. The van der Waals surface area contributed by atoms with Gasteiger partial charge in [-0.1, -0.05) is 48.0 Å². The predicted octanol–water partition coefficient (Wildman–Crippen LogP) is 4.65. The zero-order valence-electron chi connectivity index (χ0n) is 19.6. The van der Waals surface area contributed by atoms with Gasteiger partial charge < -0.3 is 0 Å². The van der Waals surface area contributed by atoms with E-state index in [1.54, 1.807) is 72.9 Å². The molecule has 1 atom stereocenters. The lowest BCUT2D eigenvalue weighted by Crippen LogP contribution is -2.32. The van der Waals surface area contributed by atoms with E-state index in [-0.39, 0.29) is 27.1 Å². The maximum absolute atomic E-state index is 13.1. The second-order valence-electron chi connectivity index (χ2n) is 8.18. The molecule has 0 amide bonds. The molecule has 2 N–H and O–H groups in total. The number of nitrogens with one attached hydrogen (secondary N) is 1. The van der Waals surface area contributed by atoms with Gasteiger partial charge in [-0.3, -0.25) is 9.27 Å². The third-order valence-electron chi connectivity index (χ3n) is 5.42. The third kappa shape index (κ3) is 5.33. The highest BCUT2D eigenvalue weighted by Crippen LogP contribution is 2.24. The van der Waals surface area contributed by atoms with Gasteiger partial charge in [0.1, 0.15) is 11.7 Å². The molecule has 0 saturated carbocycles. The molecule has 5 rings (SSSR count). The van der Waals surface area contributed by atoms with E-state index in [4.69, 9.17) is 0 Å². The number of fused-ring (bicyclic) bond motifs is 1. The Morgan fingerprint density at radius 3 is 2.14 bits per heavy atom. The Balaban J connectivity index is 1.62. The number of benzene rings is 3.